The van der Waals surface area contributed by atoms with Crippen LogP contribution in [-0.4, -0.2) is 26.1 Å². The predicted octanol–water partition coefficient (Wildman–Crippen LogP) is 3.81. The molecule has 0 saturated carbocycles. The van der Waals surface area contributed by atoms with E-state index in [0.717, 1.165) is 16.7 Å². The zero-order valence-corrected chi connectivity index (χ0v) is 18.5. The number of anilines is 2. The lowest BCUT2D eigenvalue weighted by atomic mass is 9.97. The van der Waals surface area contributed by atoms with E-state index in [1.165, 1.54) is 11.3 Å². The highest BCUT2D eigenvalue weighted by Gasteiger charge is 2.22. The summed E-state index contributed by atoms with van der Waals surface area (Å²) in [6, 6.07) is 10.9. The van der Waals surface area contributed by atoms with Crippen LogP contribution in [0.15, 0.2) is 36.4 Å². The molecule has 5 N–H and O–H groups in total. The minimum atomic E-state index is -0.999. The van der Waals surface area contributed by atoms with Crippen molar-refractivity contribution in [3.05, 3.63) is 58.9 Å². The van der Waals surface area contributed by atoms with Gasteiger partial charge in [-0.1, -0.05) is 41.7 Å². The number of aliphatic hydroxyl groups is 2. The zero-order valence-electron chi connectivity index (χ0n) is 17.6. The van der Waals surface area contributed by atoms with E-state index in [-0.39, 0.29) is 5.69 Å². The summed E-state index contributed by atoms with van der Waals surface area (Å²) in [4.78, 5) is 20.8. The van der Waals surface area contributed by atoms with Crippen LogP contribution in [-0.2, 0) is 11.2 Å². The third kappa shape index (κ3) is 4.67. The molecule has 0 fully saturated rings. The lowest BCUT2D eigenvalue weighted by Gasteiger charge is -2.20. The molecule has 1 amide bonds. The van der Waals surface area contributed by atoms with Gasteiger partial charge in [0, 0.05) is 16.8 Å². The van der Waals surface area contributed by atoms with Crippen LogP contribution in [0.2, 0.25) is 0 Å². The van der Waals surface area contributed by atoms with Gasteiger partial charge < -0.3 is 21.3 Å². The fourth-order valence-electron chi connectivity index (χ4n) is 3.11. The van der Waals surface area contributed by atoms with E-state index in [1.807, 2.05) is 31.2 Å². The van der Waals surface area contributed by atoms with Crippen molar-refractivity contribution in [1.29, 1.82) is 0 Å². The summed E-state index contributed by atoms with van der Waals surface area (Å²) in [6.07, 6.45) is 0. The molecular weight excluding hydrogens is 400 g/mol. The van der Waals surface area contributed by atoms with Crippen molar-refractivity contribution in [3.8, 4) is 10.6 Å². The van der Waals surface area contributed by atoms with Crippen molar-refractivity contribution in [1.82, 2.24) is 9.97 Å². The van der Waals surface area contributed by atoms with E-state index in [0.29, 0.717) is 21.5 Å². The number of nitrogens with one attached hydrogen (secondary N) is 1. The second-order valence-corrected chi connectivity index (χ2v) is 9.21. The van der Waals surface area contributed by atoms with Crippen LogP contribution >= 0.6 is 11.3 Å². The van der Waals surface area contributed by atoms with Crippen LogP contribution in [0.25, 0.3) is 10.6 Å². The summed E-state index contributed by atoms with van der Waals surface area (Å²) in [6.45, 7) is 8.66. The zero-order chi connectivity index (χ0) is 22.3. The fraction of sp³-hybridized carbons (Fsp3) is 0.318. The normalized spacial score (nSPS) is 12.1. The number of primary amides is 1. The molecule has 3 aromatic rings. The van der Waals surface area contributed by atoms with E-state index in [9.17, 15) is 15.0 Å². The van der Waals surface area contributed by atoms with Gasteiger partial charge in [0.15, 0.2) is 5.69 Å². The molecule has 0 saturated heterocycles. The summed E-state index contributed by atoms with van der Waals surface area (Å²) in [7, 11) is 0. The number of hydrogen-bond acceptors (Lipinski definition) is 7. The number of carbonyl (C=O) groups excluding carboxylic acids is 1. The number of nitrogens with two attached hydrogens (primary N) is 1. The van der Waals surface area contributed by atoms with Crippen LogP contribution in [0.4, 0.5) is 10.8 Å². The van der Waals surface area contributed by atoms with Crippen molar-refractivity contribution in [3.63, 3.8) is 0 Å². The molecule has 2 aromatic heterocycles. The van der Waals surface area contributed by atoms with Gasteiger partial charge in [-0.2, -0.15) is 0 Å². The van der Waals surface area contributed by atoms with Crippen LogP contribution in [0, 0.1) is 6.92 Å². The quantitative estimate of drug-likeness (QED) is 0.475. The summed E-state index contributed by atoms with van der Waals surface area (Å²) < 4.78 is 0. The van der Waals surface area contributed by atoms with Gasteiger partial charge in [0.05, 0.1) is 11.2 Å². The molecule has 0 bridgehead atoms. The molecule has 0 aliphatic rings. The van der Waals surface area contributed by atoms with Crippen molar-refractivity contribution in [2.45, 2.75) is 45.8 Å². The Morgan fingerprint density at radius 3 is 2.13 bits per heavy atom. The van der Waals surface area contributed by atoms with Crippen molar-refractivity contribution >= 4 is 28.1 Å². The number of amides is 1. The Hall–Kier alpha value is -2.81. The predicted molar refractivity (Wildman–Crippen MR) is 119 cm³/mol. The monoisotopic (exact) mass is 426 g/mol. The van der Waals surface area contributed by atoms with Gasteiger partial charge in [0.1, 0.15) is 15.8 Å². The van der Waals surface area contributed by atoms with Crippen molar-refractivity contribution in [2.75, 3.05) is 5.32 Å². The summed E-state index contributed by atoms with van der Waals surface area (Å²) in [5.41, 5.74) is 6.72. The number of carbonyl (C=O) groups is 1. The number of nitrogens with zero attached hydrogens (tertiary/aromatic N) is 2. The molecule has 0 radical (unpaired) electrons. The summed E-state index contributed by atoms with van der Waals surface area (Å²) in [5, 5.41) is 24.6. The first-order valence-corrected chi connectivity index (χ1v) is 10.3. The molecule has 30 heavy (non-hydrogen) atoms. The highest BCUT2D eigenvalue weighted by atomic mass is 32.1. The molecule has 3 rings (SSSR count). The number of pyridine rings is 1. The first-order chi connectivity index (χ1) is 13.9. The average molecular weight is 427 g/mol. The fourth-order valence-corrected chi connectivity index (χ4v) is 4.09. The molecule has 158 valence electrons. The number of thiazole rings is 1. The highest BCUT2D eigenvalue weighted by molar-refractivity contribution is 7.19. The van der Waals surface area contributed by atoms with Gasteiger partial charge in [-0.25, -0.2) is 9.97 Å². The Balaban J connectivity index is 1.94. The number of aromatic nitrogens is 2. The lowest BCUT2D eigenvalue weighted by molar-refractivity contribution is 0.0772. The van der Waals surface area contributed by atoms with E-state index in [2.05, 4.69) is 15.3 Å². The minimum absolute atomic E-state index is 0.132. The Morgan fingerprint density at radius 2 is 1.63 bits per heavy atom. The summed E-state index contributed by atoms with van der Waals surface area (Å²) in [5.74, 6) is -0.117. The van der Waals surface area contributed by atoms with Crippen LogP contribution in [0.1, 0.15) is 55.0 Å². The summed E-state index contributed by atoms with van der Waals surface area (Å²) >= 11 is 1.29. The SMILES string of the molecule is Cc1nc(Nc2sc(-c3ccc(C(C)(C)O)cc3)nc2C(N)=O)ccc1C(C)(C)O. The van der Waals surface area contributed by atoms with Crippen LogP contribution in [0.5, 0.6) is 0 Å². The molecule has 7 nitrogen and oxygen atoms in total. The van der Waals surface area contributed by atoms with Gasteiger partial charge in [-0.05, 0) is 46.2 Å². The topological polar surface area (TPSA) is 121 Å². The smallest absolute Gasteiger partial charge is 0.270 e. The second-order valence-electron chi connectivity index (χ2n) is 8.21. The van der Waals surface area contributed by atoms with Crippen molar-refractivity contribution < 1.29 is 15.0 Å². The molecular formula is C22H26N4O3S. The first kappa shape index (κ1) is 21.9. The van der Waals surface area contributed by atoms with Gasteiger partial charge >= 0.3 is 0 Å². The number of hydrogen-bond donors (Lipinski definition) is 4. The van der Waals surface area contributed by atoms with Gasteiger partial charge in [-0.3, -0.25) is 4.79 Å². The lowest BCUT2D eigenvalue weighted by Crippen LogP contribution is -2.18. The molecule has 0 unspecified atom stereocenters. The molecule has 0 spiro atoms. The standard InChI is InChI=1S/C22H26N4O3S/c1-12-15(22(4,5)29)10-11-16(24-12)25-20-17(18(23)27)26-19(30-20)13-6-8-14(9-7-13)21(2,3)28/h6-11,28-29H,1-5H3,(H2,23,27)(H,24,25). The third-order valence-electron chi connectivity index (χ3n) is 4.69. The van der Waals surface area contributed by atoms with Gasteiger partial charge in [0.2, 0.25) is 0 Å². The molecule has 0 atom stereocenters. The Bertz CT molecular complexity index is 1080. The van der Waals surface area contributed by atoms with E-state index < -0.39 is 17.1 Å². The maximum atomic E-state index is 11.9. The van der Waals surface area contributed by atoms with Crippen LogP contribution < -0.4 is 11.1 Å². The number of benzene rings is 1. The van der Waals surface area contributed by atoms with Crippen molar-refractivity contribution in [2.24, 2.45) is 5.73 Å². The molecule has 2 heterocycles. The first-order valence-electron chi connectivity index (χ1n) is 9.47. The van der Waals surface area contributed by atoms with Gasteiger partial charge in [-0.15, -0.1) is 0 Å². The Kier molecular flexibility index (Phi) is 5.68. The highest BCUT2D eigenvalue weighted by Crippen LogP contribution is 2.35. The molecule has 1 aromatic carbocycles. The third-order valence-corrected chi connectivity index (χ3v) is 5.71. The maximum Gasteiger partial charge on any atom is 0.270 e. The second kappa shape index (κ2) is 7.79. The van der Waals surface area contributed by atoms with E-state index in [4.69, 9.17) is 5.73 Å². The number of aryl methyl sites for hydroxylation is 1. The van der Waals surface area contributed by atoms with Crippen LogP contribution in [0.3, 0.4) is 0 Å². The van der Waals surface area contributed by atoms with Gasteiger partial charge in [0.25, 0.3) is 5.91 Å². The molecule has 8 heteroatoms. The molecule has 0 aliphatic heterocycles. The minimum Gasteiger partial charge on any atom is -0.386 e. The Morgan fingerprint density at radius 1 is 1.00 bits per heavy atom. The number of rotatable bonds is 6. The largest absolute Gasteiger partial charge is 0.386 e. The molecule has 0 aliphatic carbocycles. The average Bonchev–Trinajstić information content (AvgIpc) is 3.04. The maximum absolute atomic E-state index is 11.9. The van der Waals surface area contributed by atoms with E-state index >= 15 is 0 Å². The van der Waals surface area contributed by atoms with E-state index in [1.54, 1.807) is 39.8 Å². The Labute approximate surface area is 179 Å².